The Morgan fingerprint density at radius 1 is 1.23 bits per heavy atom. The number of anilines is 1. The largest absolute Gasteiger partial charge is 0.508 e. The first-order chi connectivity index (χ1) is 14.8. The minimum absolute atomic E-state index is 0.0140. The van der Waals surface area contributed by atoms with E-state index < -0.39 is 11.7 Å². The van der Waals surface area contributed by atoms with Gasteiger partial charge in [0.1, 0.15) is 5.75 Å². The third kappa shape index (κ3) is 3.66. The van der Waals surface area contributed by atoms with Crippen molar-refractivity contribution >= 4 is 22.9 Å². The predicted molar refractivity (Wildman–Crippen MR) is 112 cm³/mol. The van der Waals surface area contributed by atoms with E-state index >= 15 is 4.39 Å². The van der Waals surface area contributed by atoms with Crippen molar-refractivity contribution in [3.63, 3.8) is 0 Å². The number of carbonyl (C=O) groups excluding carboxylic acids is 2. The molecule has 0 saturated heterocycles. The van der Waals surface area contributed by atoms with E-state index in [9.17, 15) is 19.8 Å². The average Bonchev–Trinajstić information content (AvgIpc) is 3.32. The summed E-state index contributed by atoms with van der Waals surface area (Å²) in [5, 5.41) is 26.0. The molecule has 158 valence electrons. The summed E-state index contributed by atoms with van der Waals surface area (Å²) >= 11 is 0. The van der Waals surface area contributed by atoms with Gasteiger partial charge in [-0.1, -0.05) is 0 Å². The van der Waals surface area contributed by atoms with Gasteiger partial charge in [0.2, 0.25) is 0 Å². The van der Waals surface area contributed by atoms with E-state index in [1.54, 1.807) is 13.2 Å². The highest BCUT2D eigenvalue weighted by molar-refractivity contribution is 6.16. The SMILES string of the molecule is CC(=O)c1cn2ccc(O)cc2c1C(=O)Nc1cc(CO)cc(-c2cnn(C)c2)c1F. The highest BCUT2D eigenvalue weighted by atomic mass is 19.1. The fourth-order valence-electron chi connectivity index (χ4n) is 3.48. The summed E-state index contributed by atoms with van der Waals surface area (Å²) in [6.07, 6.45) is 6.08. The van der Waals surface area contributed by atoms with E-state index in [0.29, 0.717) is 16.6 Å². The Kier molecular flexibility index (Phi) is 5.04. The molecular formula is C22H19FN4O4. The van der Waals surface area contributed by atoms with Crippen LogP contribution in [-0.4, -0.2) is 36.1 Å². The van der Waals surface area contributed by atoms with Crippen molar-refractivity contribution in [2.75, 3.05) is 5.32 Å². The zero-order valence-corrected chi connectivity index (χ0v) is 16.8. The van der Waals surface area contributed by atoms with Crippen LogP contribution in [0.1, 0.15) is 33.2 Å². The number of hydrogen-bond acceptors (Lipinski definition) is 5. The van der Waals surface area contributed by atoms with Crippen LogP contribution in [0.3, 0.4) is 0 Å². The van der Waals surface area contributed by atoms with Crippen LogP contribution in [0.2, 0.25) is 0 Å². The predicted octanol–water partition coefficient (Wildman–Crippen LogP) is 3.13. The molecule has 0 unspecified atom stereocenters. The van der Waals surface area contributed by atoms with Crippen LogP contribution in [0, 0.1) is 5.82 Å². The van der Waals surface area contributed by atoms with Gasteiger partial charge in [-0.2, -0.15) is 5.10 Å². The number of carbonyl (C=O) groups is 2. The second-order valence-corrected chi connectivity index (χ2v) is 7.17. The molecule has 31 heavy (non-hydrogen) atoms. The standard InChI is InChI=1S/C22H19FN4O4/c1-12(29)17-10-27-4-3-15(30)7-19(27)20(17)22(31)25-18-6-13(11-28)5-16(21(18)23)14-8-24-26(2)9-14/h3-10,28,30H,11H2,1-2H3,(H,25,31). The van der Waals surface area contributed by atoms with Gasteiger partial charge in [0.05, 0.1) is 29.6 Å². The number of aryl methyl sites for hydroxylation is 1. The second kappa shape index (κ2) is 7.69. The molecule has 0 fully saturated rings. The molecule has 4 aromatic rings. The summed E-state index contributed by atoms with van der Waals surface area (Å²) in [5.41, 5.74) is 1.34. The molecular weight excluding hydrogens is 403 g/mol. The van der Waals surface area contributed by atoms with Gasteiger partial charge in [-0.15, -0.1) is 0 Å². The molecule has 3 N–H and O–H groups in total. The first kappa shape index (κ1) is 20.3. The number of Topliss-reactive ketones (excluding diaryl/α,β-unsaturated/α-hetero) is 1. The van der Waals surface area contributed by atoms with Gasteiger partial charge in [0.25, 0.3) is 5.91 Å². The van der Waals surface area contributed by atoms with Crippen LogP contribution in [0.5, 0.6) is 5.75 Å². The van der Waals surface area contributed by atoms with Gasteiger partial charge in [-0.25, -0.2) is 4.39 Å². The van der Waals surface area contributed by atoms with Crippen LogP contribution in [0.25, 0.3) is 16.6 Å². The first-order valence-electron chi connectivity index (χ1n) is 9.36. The topological polar surface area (TPSA) is 109 Å². The maximum Gasteiger partial charge on any atom is 0.258 e. The Bertz CT molecular complexity index is 1340. The first-order valence-corrected chi connectivity index (χ1v) is 9.36. The number of aromatic nitrogens is 3. The van der Waals surface area contributed by atoms with E-state index in [-0.39, 0.29) is 40.5 Å². The number of aliphatic hydroxyl groups is 1. The molecule has 4 rings (SSSR count). The lowest BCUT2D eigenvalue weighted by atomic mass is 10.0. The number of ketones is 1. The highest BCUT2D eigenvalue weighted by Crippen LogP contribution is 2.31. The summed E-state index contributed by atoms with van der Waals surface area (Å²) in [7, 11) is 1.69. The monoisotopic (exact) mass is 422 g/mol. The molecule has 8 nitrogen and oxygen atoms in total. The Hall–Kier alpha value is -3.98. The number of pyridine rings is 1. The van der Waals surface area contributed by atoms with E-state index in [1.165, 1.54) is 58.9 Å². The number of halogens is 1. The number of aromatic hydroxyl groups is 1. The third-order valence-electron chi connectivity index (χ3n) is 4.95. The maximum atomic E-state index is 15.3. The number of nitrogens with one attached hydrogen (secondary N) is 1. The number of hydrogen-bond donors (Lipinski definition) is 3. The zero-order valence-electron chi connectivity index (χ0n) is 16.8. The number of fused-ring (bicyclic) bond motifs is 1. The molecule has 0 atom stereocenters. The minimum atomic E-state index is -0.718. The van der Waals surface area contributed by atoms with Crippen molar-refractivity contribution in [2.45, 2.75) is 13.5 Å². The lowest BCUT2D eigenvalue weighted by Crippen LogP contribution is -2.16. The van der Waals surface area contributed by atoms with Crippen molar-refractivity contribution in [3.05, 3.63) is 71.6 Å². The minimum Gasteiger partial charge on any atom is -0.508 e. The van der Waals surface area contributed by atoms with Gasteiger partial charge in [0, 0.05) is 48.4 Å². The van der Waals surface area contributed by atoms with Crippen molar-refractivity contribution in [1.29, 1.82) is 0 Å². The molecule has 0 aliphatic rings. The van der Waals surface area contributed by atoms with Crippen LogP contribution in [0.4, 0.5) is 10.1 Å². The summed E-state index contributed by atoms with van der Waals surface area (Å²) in [6.45, 7) is 0.955. The van der Waals surface area contributed by atoms with E-state index in [4.69, 9.17) is 0 Å². The number of aliphatic hydroxyl groups excluding tert-OH is 1. The Morgan fingerprint density at radius 2 is 2.00 bits per heavy atom. The van der Waals surface area contributed by atoms with E-state index in [0.717, 1.165) is 0 Å². The summed E-state index contributed by atoms with van der Waals surface area (Å²) in [4.78, 5) is 25.2. The Balaban J connectivity index is 1.82. The molecule has 3 heterocycles. The lowest BCUT2D eigenvalue weighted by molar-refractivity contribution is 0.0987. The van der Waals surface area contributed by atoms with Crippen molar-refractivity contribution < 1.29 is 24.2 Å². The number of benzene rings is 1. The van der Waals surface area contributed by atoms with Gasteiger partial charge in [0.15, 0.2) is 11.6 Å². The number of rotatable bonds is 5. The van der Waals surface area contributed by atoms with Gasteiger partial charge in [-0.05, 0) is 30.7 Å². The molecule has 0 aliphatic heterocycles. The average molecular weight is 422 g/mol. The molecule has 9 heteroatoms. The smallest absolute Gasteiger partial charge is 0.258 e. The fraction of sp³-hybridized carbons (Fsp3) is 0.136. The van der Waals surface area contributed by atoms with Gasteiger partial charge in [-0.3, -0.25) is 14.3 Å². The van der Waals surface area contributed by atoms with Crippen LogP contribution < -0.4 is 5.32 Å². The van der Waals surface area contributed by atoms with E-state index in [1.807, 2.05) is 0 Å². The van der Waals surface area contributed by atoms with Crippen LogP contribution >= 0.6 is 0 Å². The zero-order chi connectivity index (χ0) is 22.3. The maximum absolute atomic E-state index is 15.3. The number of amides is 1. The quantitative estimate of drug-likeness (QED) is 0.428. The van der Waals surface area contributed by atoms with E-state index in [2.05, 4.69) is 10.4 Å². The molecule has 0 radical (unpaired) electrons. The summed E-state index contributed by atoms with van der Waals surface area (Å²) in [6, 6.07) is 5.58. The van der Waals surface area contributed by atoms with Crippen molar-refractivity contribution in [1.82, 2.24) is 14.2 Å². The molecule has 0 aliphatic carbocycles. The molecule has 1 aromatic carbocycles. The second-order valence-electron chi connectivity index (χ2n) is 7.17. The summed E-state index contributed by atoms with van der Waals surface area (Å²) < 4.78 is 18.3. The lowest BCUT2D eigenvalue weighted by Gasteiger charge is -2.12. The summed E-state index contributed by atoms with van der Waals surface area (Å²) in [5.74, 6) is -1.85. The highest BCUT2D eigenvalue weighted by Gasteiger charge is 2.23. The molecule has 3 aromatic heterocycles. The van der Waals surface area contributed by atoms with Crippen molar-refractivity contribution in [2.24, 2.45) is 7.05 Å². The molecule has 0 saturated carbocycles. The third-order valence-corrected chi connectivity index (χ3v) is 4.95. The number of nitrogens with zero attached hydrogens (tertiary/aromatic N) is 3. The van der Waals surface area contributed by atoms with Gasteiger partial charge < -0.3 is 19.9 Å². The van der Waals surface area contributed by atoms with Crippen LogP contribution in [0.15, 0.2) is 49.1 Å². The Morgan fingerprint density at radius 3 is 2.65 bits per heavy atom. The van der Waals surface area contributed by atoms with Crippen molar-refractivity contribution in [3.8, 4) is 16.9 Å². The molecule has 0 spiro atoms. The fourth-order valence-corrected chi connectivity index (χ4v) is 3.48. The van der Waals surface area contributed by atoms with Gasteiger partial charge >= 0.3 is 0 Å². The normalized spacial score (nSPS) is 11.1. The van der Waals surface area contributed by atoms with Crippen LogP contribution in [-0.2, 0) is 13.7 Å². The molecule has 1 amide bonds. The Labute approximate surface area is 176 Å². The molecule has 0 bridgehead atoms.